The van der Waals surface area contributed by atoms with Gasteiger partial charge in [0.05, 0.1) is 10.6 Å². The van der Waals surface area contributed by atoms with Crippen LogP contribution in [0.1, 0.15) is 16.1 Å². The van der Waals surface area contributed by atoms with Gasteiger partial charge in [-0.05, 0) is 23.9 Å². The lowest BCUT2D eigenvalue weighted by Crippen LogP contribution is -2.07. The van der Waals surface area contributed by atoms with E-state index in [-0.39, 0.29) is 10.6 Å². The van der Waals surface area contributed by atoms with Gasteiger partial charge < -0.3 is 5.32 Å². The molecule has 0 fully saturated rings. The largest absolute Gasteiger partial charge is 0.369 e. The molecule has 7 heteroatoms. The van der Waals surface area contributed by atoms with Crippen LogP contribution >= 0.6 is 11.3 Å². The van der Waals surface area contributed by atoms with Crippen molar-refractivity contribution in [2.75, 3.05) is 11.9 Å². The summed E-state index contributed by atoms with van der Waals surface area (Å²) in [6.45, 7) is 0.839. The summed E-state index contributed by atoms with van der Waals surface area (Å²) in [6.07, 6.45) is 1.66. The van der Waals surface area contributed by atoms with Gasteiger partial charge in [-0.2, -0.15) is 5.10 Å². The number of hydrogen-bond acceptors (Lipinski definition) is 5. The Hall–Kier alpha value is -2.67. The first-order valence-electron chi connectivity index (χ1n) is 7.35. The van der Waals surface area contributed by atoms with Crippen molar-refractivity contribution in [3.63, 3.8) is 0 Å². The zero-order chi connectivity index (χ0) is 15.8. The molecule has 0 amide bonds. The molecule has 23 heavy (non-hydrogen) atoms. The van der Waals surface area contributed by atoms with Gasteiger partial charge in [0.1, 0.15) is 11.5 Å². The predicted molar refractivity (Wildman–Crippen MR) is 89.5 cm³/mol. The maximum absolute atomic E-state index is 11.3. The summed E-state index contributed by atoms with van der Waals surface area (Å²) >= 11 is 1.70. The first-order chi connectivity index (χ1) is 11.2. The molecule has 0 atom stereocenters. The third-order valence-electron chi connectivity index (χ3n) is 3.96. The Morgan fingerprint density at radius 2 is 2.17 bits per heavy atom. The van der Waals surface area contributed by atoms with Crippen LogP contribution in [0.2, 0.25) is 0 Å². The maximum atomic E-state index is 11.3. The second-order valence-corrected chi connectivity index (χ2v) is 6.40. The summed E-state index contributed by atoms with van der Waals surface area (Å²) in [5.74, 6) is 0.880. The molecule has 1 aliphatic rings. The molecule has 116 valence electrons. The molecular weight excluding hydrogens is 312 g/mol. The number of aromatic nitrogens is 2. The van der Waals surface area contributed by atoms with E-state index < -0.39 is 0 Å². The lowest BCUT2D eigenvalue weighted by molar-refractivity contribution is -0.384. The molecule has 1 aromatic carbocycles. The van der Waals surface area contributed by atoms with Crippen LogP contribution in [0.25, 0.3) is 5.69 Å². The third kappa shape index (κ3) is 2.39. The molecule has 2 aromatic heterocycles. The summed E-state index contributed by atoms with van der Waals surface area (Å²) in [7, 11) is 0. The minimum Gasteiger partial charge on any atom is -0.369 e. The molecule has 4 rings (SSSR count). The van der Waals surface area contributed by atoms with Crippen molar-refractivity contribution in [3.8, 4) is 5.69 Å². The van der Waals surface area contributed by atoms with Crippen LogP contribution in [-0.2, 0) is 12.8 Å². The van der Waals surface area contributed by atoms with E-state index in [1.54, 1.807) is 34.2 Å². The van der Waals surface area contributed by atoms with Crippen molar-refractivity contribution in [1.29, 1.82) is 0 Å². The number of anilines is 1. The zero-order valence-electron chi connectivity index (χ0n) is 12.2. The van der Waals surface area contributed by atoms with Gasteiger partial charge in [-0.1, -0.05) is 18.2 Å². The Morgan fingerprint density at radius 3 is 2.96 bits per heavy atom. The average Bonchev–Trinajstić information content (AvgIpc) is 3.26. The Balaban J connectivity index is 1.83. The fourth-order valence-electron chi connectivity index (χ4n) is 2.94. The Morgan fingerprint density at radius 1 is 1.30 bits per heavy atom. The molecule has 0 radical (unpaired) electrons. The van der Waals surface area contributed by atoms with E-state index >= 15 is 0 Å². The SMILES string of the molecule is O=[N+]([O-])c1ccccc1-n1nc(Cc2cccs2)c2c1NCC2. The number of thiophene rings is 1. The van der Waals surface area contributed by atoms with Crippen molar-refractivity contribution >= 4 is 22.8 Å². The zero-order valence-corrected chi connectivity index (χ0v) is 13.0. The van der Waals surface area contributed by atoms with E-state index in [1.165, 1.54) is 10.9 Å². The second kappa shape index (κ2) is 5.51. The second-order valence-electron chi connectivity index (χ2n) is 5.36. The van der Waals surface area contributed by atoms with Crippen molar-refractivity contribution < 1.29 is 4.92 Å². The van der Waals surface area contributed by atoms with E-state index in [9.17, 15) is 10.1 Å². The van der Waals surface area contributed by atoms with Gasteiger partial charge in [0.2, 0.25) is 0 Å². The molecule has 1 aliphatic heterocycles. The quantitative estimate of drug-likeness (QED) is 0.589. The smallest absolute Gasteiger partial charge is 0.294 e. The number of nitro groups is 1. The van der Waals surface area contributed by atoms with E-state index in [4.69, 9.17) is 0 Å². The highest BCUT2D eigenvalue weighted by Gasteiger charge is 2.26. The van der Waals surface area contributed by atoms with E-state index in [0.29, 0.717) is 5.69 Å². The monoisotopic (exact) mass is 326 g/mol. The molecule has 6 nitrogen and oxygen atoms in total. The van der Waals surface area contributed by atoms with Crippen LogP contribution in [0.4, 0.5) is 11.5 Å². The molecule has 1 N–H and O–H groups in total. The number of hydrogen-bond donors (Lipinski definition) is 1. The van der Waals surface area contributed by atoms with E-state index in [0.717, 1.165) is 36.5 Å². The maximum Gasteiger partial charge on any atom is 0.294 e. The summed E-state index contributed by atoms with van der Waals surface area (Å²) in [5, 5.41) is 21.3. The molecule has 0 spiro atoms. The minimum atomic E-state index is -0.364. The number of nitro benzene ring substituents is 1. The molecule has 0 saturated carbocycles. The van der Waals surface area contributed by atoms with Gasteiger partial charge in [0, 0.05) is 29.5 Å². The van der Waals surface area contributed by atoms with Crippen LogP contribution in [0.5, 0.6) is 0 Å². The molecular formula is C16H14N4O2S. The fourth-order valence-corrected chi connectivity index (χ4v) is 3.65. The first kappa shape index (κ1) is 14.0. The molecule has 0 aliphatic carbocycles. The normalized spacial score (nSPS) is 12.9. The summed E-state index contributed by atoms with van der Waals surface area (Å²) in [5.41, 5.74) is 2.72. The highest BCUT2D eigenvalue weighted by atomic mass is 32.1. The predicted octanol–water partition coefficient (Wildman–Crippen LogP) is 3.40. The molecule has 0 bridgehead atoms. The van der Waals surface area contributed by atoms with E-state index in [2.05, 4.69) is 16.5 Å². The number of nitrogens with zero attached hydrogens (tertiary/aromatic N) is 3. The molecule has 0 unspecified atom stereocenters. The number of benzene rings is 1. The topological polar surface area (TPSA) is 73.0 Å². The first-order valence-corrected chi connectivity index (χ1v) is 8.23. The van der Waals surface area contributed by atoms with Gasteiger partial charge in [-0.25, -0.2) is 4.68 Å². The molecule has 0 saturated heterocycles. The number of para-hydroxylation sites is 2. The molecule has 3 heterocycles. The van der Waals surface area contributed by atoms with Gasteiger partial charge in [0.25, 0.3) is 5.69 Å². The average molecular weight is 326 g/mol. The number of nitrogens with one attached hydrogen (secondary N) is 1. The van der Waals surface area contributed by atoms with Crippen molar-refractivity contribution in [2.24, 2.45) is 0 Å². The van der Waals surface area contributed by atoms with Crippen LogP contribution < -0.4 is 5.32 Å². The summed E-state index contributed by atoms with van der Waals surface area (Å²) < 4.78 is 1.68. The third-order valence-corrected chi connectivity index (χ3v) is 4.84. The van der Waals surface area contributed by atoms with Gasteiger partial charge >= 0.3 is 0 Å². The van der Waals surface area contributed by atoms with Gasteiger partial charge in [0.15, 0.2) is 0 Å². The molecule has 3 aromatic rings. The number of fused-ring (bicyclic) bond motifs is 1. The summed E-state index contributed by atoms with van der Waals surface area (Å²) in [6, 6.07) is 10.8. The fraction of sp³-hybridized carbons (Fsp3) is 0.188. The lowest BCUT2D eigenvalue weighted by atomic mass is 10.1. The standard InChI is InChI=1S/C16H14N4O2S/c21-20(22)15-6-2-1-5-14(15)19-16-12(7-8-17-16)13(18-19)10-11-4-3-9-23-11/h1-6,9,17H,7-8,10H2. The minimum absolute atomic E-state index is 0.0640. The highest BCUT2D eigenvalue weighted by Crippen LogP contribution is 2.33. The lowest BCUT2D eigenvalue weighted by Gasteiger charge is -2.06. The van der Waals surface area contributed by atoms with Crippen LogP contribution in [-0.4, -0.2) is 21.2 Å². The van der Waals surface area contributed by atoms with Crippen molar-refractivity contribution in [1.82, 2.24) is 9.78 Å². The summed E-state index contributed by atoms with van der Waals surface area (Å²) in [4.78, 5) is 12.2. The van der Waals surface area contributed by atoms with Crippen LogP contribution in [0.3, 0.4) is 0 Å². The Kier molecular flexibility index (Phi) is 3.34. The highest BCUT2D eigenvalue weighted by molar-refractivity contribution is 7.09. The van der Waals surface area contributed by atoms with Gasteiger partial charge in [-0.15, -0.1) is 11.3 Å². The Labute approximate surface area is 136 Å². The Bertz CT molecular complexity index is 870. The van der Waals surface area contributed by atoms with Crippen LogP contribution in [0.15, 0.2) is 41.8 Å². The van der Waals surface area contributed by atoms with Crippen molar-refractivity contribution in [3.05, 3.63) is 68.0 Å². The van der Waals surface area contributed by atoms with Crippen LogP contribution in [0, 0.1) is 10.1 Å². The van der Waals surface area contributed by atoms with E-state index in [1.807, 2.05) is 11.4 Å². The van der Waals surface area contributed by atoms with Gasteiger partial charge in [-0.3, -0.25) is 10.1 Å². The van der Waals surface area contributed by atoms with Crippen molar-refractivity contribution in [2.45, 2.75) is 12.8 Å². The number of rotatable bonds is 4.